The summed E-state index contributed by atoms with van der Waals surface area (Å²) < 4.78 is 40.4. The summed E-state index contributed by atoms with van der Waals surface area (Å²) in [6.07, 6.45) is -4.48. The lowest BCUT2D eigenvalue weighted by Gasteiger charge is -2.24. The number of rotatable bonds is 8. The van der Waals surface area contributed by atoms with Crippen molar-refractivity contribution in [1.29, 1.82) is 0 Å². The normalized spacial score (nSPS) is 11.4. The van der Waals surface area contributed by atoms with Crippen LogP contribution in [0.2, 0.25) is 0 Å². The third-order valence-corrected chi connectivity index (χ3v) is 6.30. The van der Waals surface area contributed by atoms with Crippen LogP contribution in [0, 0.1) is 19.8 Å². The van der Waals surface area contributed by atoms with Crippen molar-refractivity contribution in [2.24, 2.45) is 5.92 Å². The first-order chi connectivity index (χ1) is 19.4. The first-order valence-corrected chi connectivity index (χ1v) is 13.2. The predicted molar refractivity (Wildman–Crippen MR) is 154 cm³/mol. The number of alkyl halides is 3. The summed E-state index contributed by atoms with van der Waals surface area (Å²) in [5.74, 6) is 0.0266. The fraction of sp³-hybridized carbons (Fsp3) is 0.258. The number of aryl methyl sites for hydroxylation is 2. The zero-order valence-electron chi connectivity index (χ0n) is 23.3. The van der Waals surface area contributed by atoms with Crippen LogP contribution in [0.25, 0.3) is 16.9 Å². The van der Waals surface area contributed by atoms with Crippen molar-refractivity contribution < 1.29 is 22.8 Å². The summed E-state index contributed by atoms with van der Waals surface area (Å²) in [5, 5.41) is 10.3. The van der Waals surface area contributed by atoms with Crippen molar-refractivity contribution >= 4 is 23.4 Å². The first kappa shape index (κ1) is 29.4. The van der Waals surface area contributed by atoms with Gasteiger partial charge in [-0.2, -0.15) is 18.3 Å². The molecule has 4 rings (SSSR count). The van der Waals surface area contributed by atoms with Gasteiger partial charge in [0.05, 0.1) is 16.9 Å². The molecule has 0 aliphatic rings. The van der Waals surface area contributed by atoms with Crippen molar-refractivity contribution in [2.45, 2.75) is 33.9 Å². The van der Waals surface area contributed by atoms with Crippen molar-refractivity contribution in [3.05, 3.63) is 95.6 Å². The molecular weight excluding hydrogens is 531 g/mol. The monoisotopic (exact) mass is 563 g/mol. The van der Waals surface area contributed by atoms with Gasteiger partial charge in [-0.3, -0.25) is 4.79 Å². The maximum Gasteiger partial charge on any atom is 0.416 e. The van der Waals surface area contributed by atoms with Crippen LogP contribution in [0.3, 0.4) is 0 Å². The topological polar surface area (TPSA) is 79.3 Å². The minimum absolute atomic E-state index is 0.0339. The average Bonchev–Trinajstić information content (AvgIpc) is 3.31. The number of amides is 3. The van der Waals surface area contributed by atoms with Gasteiger partial charge in [-0.25, -0.2) is 9.48 Å². The van der Waals surface area contributed by atoms with Crippen LogP contribution >= 0.6 is 0 Å². The Morgan fingerprint density at radius 3 is 2.22 bits per heavy atom. The summed E-state index contributed by atoms with van der Waals surface area (Å²) in [6, 6.07) is 20.8. The van der Waals surface area contributed by atoms with E-state index in [-0.39, 0.29) is 24.7 Å². The summed E-state index contributed by atoms with van der Waals surface area (Å²) in [7, 11) is 0. The number of urea groups is 1. The average molecular weight is 564 g/mol. The molecular formula is C31H32F3N5O2. The van der Waals surface area contributed by atoms with Gasteiger partial charge in [-0.1, -0.05) is 61.9 Å². The number of aromatic nitrogens is 2. The summed E-state index contributed by atoms with van der Waals surface area (Å²) >= 11 is 0. The Labute approximate surface area is 237 Å². The van der Waals surface area contributed by atoms with Crippen LogP contribution in [0.5, 0.6) is 0 Å². The molecule has 214 valence electrons. The summed E-state index contributed by atoms with van der Waals surface area (Å²) in [4.78, 5) is 27.7. The highest BCUT2D eigenvalue weighted by Crippen LogP contribution is 2.30. The molecule has 0 unspecified atom stereocenters. The molecule has 0 saturated carbocycles. The van der Waals surface area contributed by atoms with Gasteiger partial charge in [-0.15, -0.1) is 0 Å². The van der Waals surface area contributed by atoms with Gasteiger partial charge in [0.2, 0.25) is 5.91 Å². The highest BCUT2D eigenvalue weighted by Gasteiger charge is 2.30. The zero-order chi connectivity index (χ0) is 29.7. The largest absolute Gasteiger partial charge is 0.416 e. The fourth-order valence-corrected chi connectivity index (χ4v) is 4.41. The number of nitrogens with zero attached hydrogens (tertiary/aromatic N) is 3. The van der Waals surface area contributed by atoms with E-state index in [1.54, 1.807) is 10.7 Å². The van der Waals surface area contributed by atoms with Crippen LogP contribution in [0.1, 0.15) is 30.5 Å². The van der Waals surface area contributed by atoms with Gasteiger partial charge in [0, 0.05) is 23.9 Å². The minimum atomic E-state index is -4.48. The number of halogens is 3. The molecule has 2 N–H and O–H groups in total. The van der Waals surface area contributed by atoms with E-state index in [1.807, 2.05) is 76.2 Å². The number of nitrogens with one attached hydrogen (secondary N) is 2. The molecule has 1 heterocycles. The van der Waals surface area contributed by atoms with E-state index in [9.17, 15) is 22.8 Å². The van der Waals surface area contributed by atoms with Gasteiger partial charge in [0.15, 0.2) is 0 Å². The van der Waals surface area contributed by atoms with Crippen molar-refractivity contribution in [3.63, 3.8) is 0 Å². The quantitative estimate of drug-likeness (QED) is 0.236. The molecule has 0 bridgehead atoms. The lowest BCUT2D eigenvalue weighted by atomic mass is 10.1. The SMILES string of the molecule is Cc1ccc(-n2nc(-c3ccccc3)cc2NC(=O)CN(CC(C)C)C(=O)Nc2ccc(C(F)(F)F)cc2)c(C)c1. The molecule has 0 spiro atoms. The van der Waals surface area contributed by atoms with Gasteiger partial charge < -0.3 is 15.5 Å². The highest BCUT2D eigenvalue weighted by molar-refractivity contribution is 5.97. The number of carbonyl (C=O) groups excluding carboxylic acids is 2. The Balaban J connectivity index is 1.56. The Morgan fingerprint density at radius 1 is 0.927 bits per heavy atom. The van der Waals surface area contributed by atoms with E-state index in [4.69, 9.17) is 5.10 Å². The van der Waals surface area contributed by atoms with Gasteiger partial charge in [0.1, 0.15) is 12.4 Å². The second kappa shape index (κ2) is 12.3. The Kier molecular flexibility index (Phi) is 8.80. The number of anilines is 2. The molecule has 0 aliphatic heterocycles. The molecule has 10 heteroatoms. The lowest BCUT2D eigenvalue weighted by Crippen LogP contribution is -2.42. The highest BCUT2D eigenvalue weighted by atomic mass is 19.4. The Hall–Kier alpha value is -4.60. The van der Waals surface area contributed by atoms with E-state index >= 15 is 0 Å². The van der Waals surface area contributed by atoms with Gasteiger partial charge in [-0.05, 0) is 55.7 Å². The van der Waals surface area contributed by atoms with E-state index in [0.29, 0.717) is 11.5 Å². The summed E-state index contributed by atoms with van der Waals surface area (Å²) in [6.45, 7) is 7.75. The Morgan fingerprint density at radius 2 is 1.61 bits per heavy atom. The van der Waals surface area contributed by atoms with Gasteiger partial charge >= 0.3 is 12.2 Å². The van der Waals surface area contributed by atoms with E-state index in [1.165, 1.54) is 17.0 Å². The molecule has 0 saturated heterocycles. The van der Waals surface area contributed by atoms with Crippen molar-refractivity contribution in [1.82, 2.24) is 14.7 Å². The molecule has 0 aliphatic carbocycles. The first-order valence-electron chi connectivity index (χ1n) is 13.2. The maximum atomic E-state index is 13.3. The molecule has 0 radical (unpaired) electrons. The number of benzene rings is 3. The smallest absolute Gasteiger partial charge is 0.315 e. The third-order valence-electron chi connectivity index (χ3n) is 6.30. The maximum absolute atomic E-state index is 13.3. The van der Waals surface area contributed by atoms with Crippen LogP contribution in [0.4, 0.5) is 29.5 Å². The fourth-order valence-electron chi connectivity index (χ4n) is 4.41. The van der Waals surface area contributed by atoms with E-state index in [0.717, 1.165) is 34.5 Å². The molecule has 4 aromatic rings. The molecule has 3 amide bonds. The standard InChI is InChI=1S/C31H32F3N5O2/c1-20(2)18-38(30(41)35-25-13-11-24(12-14-25)31(32,33)34)19-29(40)36-28-17-26(23-8-6-5-7-9-23)37-39(28)27-15-10-21(3)16-22(27)4/h5-17,20H,18-19H2,1-4H3,(H,35,41)(H,36,40). The van der Waals surface area contributed by atoms with Crippen LogP contribution in [0.15, 0.2) is 78.9 Å². The van der Waals surface area contributed by atoms with Crippen molar-refractivity contribution in [3.8, 4) is 16.9 Å². The number of hydrogen-bond donors (Lipinski definition) is 2. The molecule has 3 aromatic carbocycles. The second-order valence-corrected chi connectivity index (χ2v) is 10.3. The van der Waals surface area contributed by atoms with E-state index in [2.05, 4.69) is 10.6 Å². The zero-order valence-corrected chi connectivity index (χ0v) is 23.3. The molecule has 1 aromatic heterocycles. The predicted octanol–water partition coefficient (Wildman–Crippen LogP) is 7.30. The van der Waals surface area contributed by atoms with Crippen LogP contribution < -0.4 is 10.6 Å². The molecule has 41 heavy (non-hydrogen) atoms. The minimum Gasteiger partial charge on any atom is -0.315 e. The van der Waals surface area contributed by atoms with Crippen LogP contribution in [-0.2, 0) is 11.0 Å². The van der Waals surface area contributed by atoms with Crippen LogP contribution in [-0.4, -0.2) is 39.7 Å². The molecule has 7 nitrogen and oxygen atoms in total. The number of carbonyl (C=O) groups is 2. The van der Waals surface area contributed by atoms with Gasteiger partial charge in [0.25, 0.3) is 0 Å². The van der Waals surface area contributed by atoms with E-state index < -0.39 is 23.7 Å². The Bertz CT molecular complexity index is 1510. The molecule has 0 fully saturated rings. The van der Waals surface area contributed by atoms with Crippen molar-refractivity contribution in [2.75, 3.05) is 23.7 Å². The lowest BCUT2D eigenvalue weighted by molar-refractivity contribution is -0.137. The number of hydrogen-bond acceptors (Lipinski definition) is 3. The second-order valence-electron chi connectivity index (χ2n) is 10.3. The third kappa shape index (κ3) is 7.53. The summed E-state index contributed by atoms with van der Waals surface area (Å²) in [5.41, 5.74) is 3.79. The molecule has 0 atom stereocenters.